The minimum absolute atomic E-state index is 0.237. The number of nitrogens with zero attached hydrogens (tertiary/aromatic N) is 1. The first-order chi connectivity index (χ1) is 4.84. The summed E-state index contributed by atoms with van der Waals surface area (Å²) in [5.41, 5.74) is 0. The highest BCUT2D eigenvalue weighted by Gasteiger charge is 2.21. The zero-order valence-electron chi connectivity index (χ0n) is 5.79. The molecular formula is C7H11NO2. The van der Waals surface area contributed by atoms with Gasteiger partial charge in [0, 0.05) is 6.61 Å². The molecule has 1 fully saturated rings. The number of ether oxygens (including phenoxy) is 1. The van der Waals surface area contributed by atoms with Crippen molar-refractivity contribution in [3.63, 3.8) is 0 Å². The summed E-state index contributed by atoms with van der Waals surface area (Å²) in [6, 6.07) is 1.77. The maximum absolute atomic E-state index is 9.00. The van der Waals surface area contributed by atoms with Crippen LogP contribution in [0.2, 0.25) is 0 Å². The quantitative estimate of drug-likeness (QED) is 0.539. The van der Waals surface area contributed by atoms with E-state index in [-0.39, 0.29) is 6.10 Å². The summed E-state index contributed by atoms with van der Waals surface area (Å²) in [6.45, 7) is 0.684. The minimum Gasteiger partial charge on any atom is -0.375 e. The highest BCUT2D eigenvalue weighted by atomic mass is 16.5. The molecule has 0 radical (unpaired) electrons. The molecule has 0 aromatic rings. The van der Waals surface area contributed by atoms with Gasteiger partial charge >= 0.3 is 0 Å². The maximum atomic E-state index is 9.00. The van der Waals surface area contributed by atoms with E-state index in [1.54, 1.807) is 6.07 Å². The van der Waals surface area contributed by atoms with Crippen molar-refractivity contribution >= 4 is 0 Å². The molecule has 1 saturated heterocycles. The molecule has 1 aliphatic heterocycles. The molecule has 3 nitrogen and oxygen atoms in total. The number of nitriles is 1. The Morgan fingerprint density at radius 2 is 2.40 bits per heavy atom. The van der Waals surface area contributed by atoms with Crippen molar-refractivity contribution in [3.05, 3.63) is 0 Å². The fourth-order valence-electron chi connectivity index (χ4n) is 1.10. The van der Waals surface area contributed by atoms with Crippen molar-refractivity contribution in [2.45, 2.75) is 31.5 Å². The molecule has 0 amide bonds. The predicted octanol–water partition coefficient (Wildman–Crippen LogP) is 0.440. The fourth-order valence-corrected chi connectivity index (χ4v) is 1.10. The van der Waals surface area contributed by atoms with Crippen LogP contribution in [0.25, 0.3) is 0 Å². The average Bonchev–Trinajstić information content (AvgIpc) is 2.05. The molecule has 1 rings (SSSR count). The van der Waals surface area contributed by atoms with Crippen molar-refractivity contribution in [2.24, 2.45) is 0 Å². The van der Waals surface area contributed by atoms with E-state index in [0.29, 0.717) is 6.61 Å². The third kappa shape index (κ3) is 1.69. The summed E-state index contributed by atoms with van der Waals surface area (Å²) in [6.07, 6.45) is 1.76. The van der Waals surface area contributed by atoms with Gasteiger partial charge in [-0.15, -0.1) is 0 Å². The molecule has 10 heavy (non-hydrogen) atoms. The van der Waals surface area contributed by atoms with Crippen molar-refractivity contribution in [1.29, 1.82) is 5.26 Å². The lowest BCUT2D eigenvalue weighted by molar-refractivity contribution is -0.0414. The summed E-state index contributed by atoms with van der Waals surface area (Å²) in [5, 5.41) is 17.3. The SMILES string of the molecule is N#C[C@H](O)[C@@H]1CCCCO1. The second kappa shape index (κ2) is 3.55. The molecule has 0 aromatic carbocycles. The zero-order valence-corrected chi connectivity index (χ0v) is 5.79. The first-order valence-corrected chi connectivity index (χ1v) is 3.54. The Balaban J connectivity index is 2.33. The minimum atomic E-state index is -0.930. The van der Waals surface area contributed by atoms with Crippen LogP contribution >= 0.6 is 0 Å². The second-order valence-corrected chi connectivity index (χ2v) is 2.48. The van der Waals surface area contributed by atoms with E-state index in [2.05, 4.69) is 0 Å². The topological polar surface area (TPSA) is 53.2 Å². The monoisotopic (exact) mass is 141 g/mol. The molecule has 2 atom stereocenters. The maximum Gasteiger partial charge on any atom is 0.166 e. The van der Waals surface area contributed by atoms with Gasteiger partial charge in [-0.1, -0.05) is 0 Å². The molecule has 1 heterocycles. The first kappa shape index (κ1) is 7.52. The highest BCUT2D eigenvalue weighted by Crippen LogP contribution is 2.14. The Morgan fingerprint density at radius 3 is 2.90 bits per heavy atom. The van der Waals surface area contributed by atoms with E-state index < -0.39 is 6.10 Å². The lowest BCUT2D eigenvalue weighted by atomic mass is 10.1. The molecular weight excluding hydrogens is 130 g/mol. The van der Waals surface area contributed by atoms with Crippen LogP contribution < -0.4 is 0 Å². The first-order valence-electron chi connectivity index (χ1n) is 3.54. The van der Waals surface area contributed by atoms with Crippen LogP contribution in [0.1, 0.15) is 19.3 Å². The molecule has 1 aliphatic rings. The highest BCUT2D eigenvalue weighted by molar-refractivity contribution is 4.89. The molecule has 0 unspecified atom stereocenters. The van der Waals surface area contributed by atoms with Crippen LogP contribution in [-0.4, -0.2) is 23.9 Å². The standard InChI is InChI=1S/C7H11NO2/c8-5-6(9)7-3-1-2-4-10-7/h6-7,9H,1-4H2/t6-,7-/m0/s1. The molecule has 0 saturated carbocycles. The van der Waals surface area contributed by atoms with E-state index >= 15 is 0 Å². The lowest BCUT2D eigenvalue weighted by Crippen LogP contribution is -2.30. The Kier molecular flexibility index (Phi) is 2.67. The molecule has 56 valence electrons. The summed E-state index contributed by atoms with van der Waals surface area (Å²) >= 11 is 0. The fraction of sp³-hybridized carbons (Fsp3) is 0.857. The summed E-state index contributed by atoms with van der Waals surface area (Å²) < 4.78 is 5.16. The zero-order chi connectivity index (χ0) is 7.40. The predicted molar refractivity (Wildman–Crippen MR) is 35.2 cm³/mol. The van der Waals surface area contributed by atoms with Crippen molar-refractivity contribution in [2.75, 3.05) is 6.61 Å². The molecule has 0 spiro atoms. The van der Waals surface area contributed by atoms with Crippen molar-refractivity contribution in [3.8, 4) is 6.07 Å². The van der Waals surface area contributed by atoms with E-state index in [1.165, 1.54) is 0 Å². The van der Waals surface area contributed by atoms with Gasteiger partial charge in [0.2, 0.25) is 0 Å². The number of aliphatic hydroxyl groups excluding tert-OH is 1. The largest absolute Gasteiger partial charge is 0.375 e. The van der Waals surface area contributed by atoms with Gasteiger partial charge in [-0.3, -0.25) is 0 Å². The van der Waals surface area contributed by atoms with Gasteiger partial charge in [0.1, 0.15) is 0 Å². The smallest absolute Gasteiger partial charge is 0.166 e. The van der Waals surface area contributed by atoms with Gasteiger partial charge in [0.15, 0.2) is 6.10 Å². The lowest BCUT2D eigenvalue weighted by Gasteiger charge is -2.22. The van der Waals surface area contributed by atoms with E-state index in [4.69, 9.17) is 15.1 Å². The van der Waals surface area contributed by atoms with Crippen LogP contribution in [0.15, 0.2) is 0 Å². The molecule has 0 bridgehead atoms. The van der Waals surface area contributed by atoms with Gasteiger partial charge in [-0.25, -0.2) is 0 Å². The van der Waals surface area contributed by atoms with E-state index in [0.717, 1.165) is 19.3 Å². The number of hydrogen-bond acceptors (Lipinski definition) is 3. The number of hydrogen-bond donors (Lipinski definition) is 1. The number of rotatable bonds is 1. The van der Waals surface area contributed by atoms with Gasteiger partial charge in [-0.2, -0.15) is 5.26 Å². The van der Waals surface area contributed by atoms with E-state index in [9.17, 15) is 0 Å². The normalized spacial score (nSPS) is 29.0. The Bertz CT molecular complexity index is 135. The van der Waals surface area contributed by atoms with Crippen LogP contribution in [-0.2, 0) is 4.74 Å². The molecule has 0 aromatic heterocycles. The van der Waals surface area contributed by atoms with E-state index in [1.807, 2.05) is 0 Å². The third-order valence-electron chi connectivity index (χ3n) is 1.70. The Morgan fingerprint density at radius 1 is 1.60 bits per heavy atom. The second-order valence-electron chi connectivity index (χ2n) is 2.48. The Labute approximate surface area is 60.2 Å². The van der Waals surface area contributed by atoms with Crippen LogP contribution in [0.3, 0.4) is 0 Å². The van der Waals surface area contributed by atoms with Crippen LogP contribution in [0.5, 0.6) is 0 Å². The van der Waals surface area contributed by atoms with Gasteiger partial charge in [0.05, 0.1) is 12.2 Å². The molecule has 1 N–H and O–H groups in total. The van der Waals surface area contributed by atoms with Crippen LogP contribution in [0.4, 0.5) is 0 Å². The summed E-state index contributed by atoms with van der Waals surface area (Å²) in [5.74, 6) is 0. The molecule has 0 aliphatic carbocycles. The average molecular weight is 141 g/mol. The Hall–Kier alpha value is -0.590. The van der Waals surface area contributed by atoms with Gasteiger partial charge in [-0.05, 0) is 19.3 Å². The number of aliphatic hydroxyl groups is 1. The summed E-state index contributed by atoms with van der Waals surface area (Å²) in [7, 11) is 0. The van der Waals surface area contributed by atoms with Crippen molar-refractivity contribution < 1.29 is 9.84 Å². The molecule has 3 heteroatoms. The third-order valence-corrected chi connectivity index (χ3v) is 1.70. The van der Waals surface area contributed by atoms with Crippen molar-refractivity contribution in [1.82, 2.24) is 0 Å². The van der Waals surface area contributed by atoms with Gasteiger partial charge in [0.25, 0.3) is 0 Å². The van der Waals surface area contributed by atoms with Gasteiger partial charge < -0.3 is 9.84 Å². The van der Waals surface area contributed by atoms with Crippen LogP contribution in [0, 0.1) is 11.3 Å². The summed E-state index contributed by atoms with van der Waals surface area (Å²) in [4.78, 5) is 0.